The average Bonchev–Trinajstić information content (AvgIpc) is 2.53. The van der Waals surface area contributed by atoms with E-state index in [0.29, 0.717) is 23.5 Å². The zero-order chi connectivity index (χ0) is 15.2. The molecule has 2 rings (SSSR count). The summed E-state index contributed by atoms with van der Waals surface area (Å²) in [5.41, 5.74) is 3.03. The van der Waals surface area contributed by atoms with E-state index >= 15 is 0 Å². The van der Waals surface area contributed by atoms with Crippen LogP contribution in [0.1, 0.15) is 27.9 Å². The number of ketones is 1. The first kappa shape index (κ1) is 15.1. The lowest BCUT2D eigenvalue weighted by Crippen LogP contribution is -2.04. The van der Waals surface area contributed by atoms with Crippen LogP contribution in [0.3, 0.4) is 0 Å². The summed E-state index contributed by atoms with van der Waals surface area (Å²) in [6.45, 7) is 2.06. The third-order valence-electron chi connectivity index (χ3n) is 3.59. The summed E-state index contributed by atoms with van der Waals surface area (Å²) in [4.78, 5) is 12.4. The number of ether oxygens (including phenoxy) is 2. The minimum atomic E-state index is 0.0813. The molecule has 0 aromatic heterocycles. The molecule has 0 amide bonds. The molecule has 0 unspecified atom stereocenters. The van der Waals surface area contributed by atoms with Gasteiger partial charge in [0.25, 0.3) is 0 Å². The van der Waals surface area contributed by atoms with E-state index in [2.05, 4.69) is 19.1 Å². The van der Waals surface area contributed by atoms with Crippen LogP contribution in [0, 0.1) is 6.92 Å². The molecule has 3 nitrogen and oxygen atoms in total. The van der Waals surface area contributed by atoms with Crippen LogP contribution in [0.15, 0.2) is 42.5 Å². The van der Waals surface area contributed by atoms with Crippen molar-refractivity contribution in [1.29, 1.82) is 0 Å². The molecule has 3 heteroatoms. The van der Waals surface area contributed by atoms with Crippen molar-refractivity contribution in [2.45, 2.75) is 19.8 Å². The standard InChI is InChI=1S/C18H20O3/c1-13-6-4-5-7-14(13)8-11-17(19)16-10-9-15(20-2)12-18(16)21-3/h4-7,9-10,12H,8,11H2,1-3H3. The SMILES string of the molecule is COc1ccc(C(=O)CCc2ccccc2C)c(OC)c1. The van der Waals surface area contributed by atoms with Gasteiger partial charge in [0.15, 0.2) is 5.78 Å². The van der Waals surface area contributed by atoms with Crippen molar-refractivity contribution in [3.63, 3.8) is 0 Å². The van der Waals surface area contributed by atoms with Crippen LogP contribution in [0.5, 0.6) is 11.5 Å². The molecule has 2 aromatic rings. The molecule has 0 spiro atoms. The van der Waals surface area contributed by atoms with Crippen LogP contribution in [0.2, 0.25) is 0 Å². The maximum atomic E-state index is 12.4. The molecule has 0 saturated heterocycles. The van der Waals surface area contributed by atoms with Crippen LogP contribution < -0.4 is 9.47 Å². The Hall–Kier alpha value is -2.29. The van der Waals surface area contributed by atoms with Crippen molar-refractivity contribution >= 4 is 5.78 Å². The second-order valence-electron chi connectivity index (χ2n) is 4.92. The van der Waals surface area contributed by atoms with E-state index < -0.39 is 0 Å². The largest absolute Gasteiger partial charge is 0.497 e. The van der Waals surface area contributed by atoms with E-state index in [4.69, 9.17) is 9.47 Å². The molecule has 0 aliphatic heterocycles. The number of hydrogen-bond acceptors (Lipinski definition) is 3. The predicted molar refractivity (Wildman–Crippen MR) is 83.4 cm³/mol. The van der Waals surface area contributed by atoms with Gasteiger partial charge in [-0.1, -0.05) is 24.3 Å². The third kappa shape index (κ3) is 3.63. The summed E-state index contributed by atoms with van der Waals surface area (Å²) in [6.07, 6.45) is 1.20. The highest BCUT2D eigenvalue weighted by molar-refractivity contribution is 5.99. The Morgan fingerprint density at radius 3 is 2.48 bits per heavy atom. The Kier molecular flexibility index (Phi) is 4.99. The van der Waals surface area contributed by atoms with Gasteiger partial charge in [0.1, 0.15) is 11.5 Å². The number of carbonyl (C=O) groups excluding carboxylic acids is 1. The number of Topliss-reactive ketones (excluding diaryl/α,β-unsaturated/α-hetero) is 1. The number of rotatable bonds is 6. The van der Waals surface area contributed by atoms with Crippen LogP contribution in [-0.2, 0) is 6.42 Å². The predicted octanol–water partition coefficient (Wildman–Crippen LogP) is 3.83. The second-order valence-corrected chi connectivity index (χ2v) is 4.92. The molecule has 0 heterocycles. The third-order valence-corrected chi connectivity index (χ3v) is 3.59. The number of methoxy groups -OCH3 is 2. The normalized spacial score (nSPS) is 10.2. The first-order valence-electron chi connectivity index (χ1n) is 6.95. The molecule has 0 fully saturated rings. The molecular weight excluding hydrogens is 264 g/mol. The lowest BCUT2D eigenvalue weighted by atomic mass is 9.99. The molecule has 0 atom stereocenters. The molecule has 2 aromatic carbocycles. The first-order chi connectivity index (χ1) is 10.2. The van der Waals surface area contributed by atoms with Gasteiger partial charge in [-0.15, -0.1) is 0 Å². The molecule has 21 heavy (non-hydrogen) atoms. The highest BCUT2D eigenvalue weighted by atomic mass is 16.5. The fraction of sp³-hybridized carbons (Fsp3) is 0.278. The van der Waals surface area contributed by atoms with Gasteiger partial charge in [-0.05, 0) is 36.6 Å². The monoisotopic (exact) mass is 284 g/mol. The molecule has 0 saturated carbocycles. The zero-order valence-corrected chi connectivity index (χ0v) is 12.7. The lowest BCUT2D eigenvalue weighted by Gasteiger charge is -2.10. The highest BCUT2D eigenvalue weighted by Crippen LogP contribution is 2.26. The highest BCUT2D eigenvalue weighted by Gasteiger charge is 2.13. The Labute approximate surface area is 125 Å². The zero-order valence-electron chi connectivity index (χ0n) is 12.7. The van der Waals surface area contributed by atoms with E-state index in [-0.39, 0.29) is 5.78 Å². The van der Waals surface area contributed by atoms with Crippen molar-refractivity contribution in [1.82, 2.24) is 0 Å². The Balaban J connectivity index is 2.12. The summed E-state index contributed by atoms with van der Waals surface area (Å²) >= 11 is 0. The quantitative estimate of drug-likeness (QED) is 0.756. The Morgan fingerprint density at radius 1 is 1.05 bits per heavy atom. The fourth-order valence-corrected chi connectivity index (χ4v) is 2.30. The van der Waals surface area contributed by atoms with E-state index in [1.165, 1.54) is 11.1 Å². The number of aryl methyl sites for hydroxylation is 2. The number of benzene rings is 2. The molecule has 0 aliphatic rings. The van der Waals surface area contributed by atoms with Crippen LogP contribution in [0.4, 0.5) is 0 Å². The van der Waals surface area contributed by atoms with Crippen molar-refractivity contribution in [2.75, 3.05) is 14.2 Å². The van der Waals surface area contributed by atoms with E-state index in [1.807, 2.05) is 12.1 Å². The van der Waals surface area contributed by atoms with Gasteiger partial charge in [-0.2, -0.15) is 0 Å². The van der Waals surface area contributed by atoms with Gasteiger partial charge in [0, 0.05) is 12.5 Å². The van der Waals surface area contributed by atoms with Gasteiger partial charge in [-0.3, -0.25) is 4.79 Å². The van der Waals surface area contributed by atoms with Crippen molar-refractivity contribution in [2.24, 2.45) is 0 Å². The summed E-state index contributed by atoms with van der Waals surface area (Å²) in [6, 6.07) is 13.4. The summed E-state index contributed by atoms with van der Waals surface area (Å²) in [5.74, 6) is 1.32. The van der Waals surface area contributed by atoms with Crippen molar-refractivity contribution < 1.29 is 14.3 Å². The Bertz CT molecular complexity index is 632. The van der Waals surface area contributed by atoms with Gasteiger partial charge in [0.05, 0.1) is 19.8 Å². The minimum absolute atomic E-state index is 0.0813. The maximum absolute atomic E-state index is 12.4. The van der Waals surface area contributed by atoms with Crippen LogP contribution in [0.25, 0.3) is 0 Å². The van der Waals surface area contributed by atoms with Crippen LogP contribution in [-0.4, -0.2) is 20.0 Å². The average molecular weight is 284 g/mol. The van der Waals surface area contributed by atoms with Gasteiger partial charge >= 0.3 is 0 Å². The number of hydrogen-bond donors (Lipinski definition) is 0. The molecule has 0 aliphatic carbocycles. The van der Waals surface area contributed by atoms with E-state index in [9.17, 15) is 4.79 Å². The summed E-state index contributed by atoms with van der Waals surface area (Å²) < 4.78 is 10.4. The van der Waals surface area contributed by atoms with E-state index in [0.717, 1.165) is 6.42 Å². The Morgan fingerprint density at radius 2 is 1.81 bits per heavy atom. The maximum Gasteiger partial charge on any atom is 0.166 e. The lowest BCUT2D eigenvalue weighted by molar-refractivity contribution is 0.0980. The summed E-state index contributed by atoms with van der Waals surface area (Å²) in [5, 5.41) is 0. The topological polar surface area (TPSA) is 35.5 Å². The van der Waals surface area contributed by atoms with Crippen molar-refractivity contribution in [3.8, 4) is 11.5 Å². The van der Waals surface area contributed by atoms with E-state index in [1.54, 1.807) is 32.4 Å². The molecule has 0 N–H and O–H groups in total. The minimum Gasteiger partial charge on any atom is -0.497 e. The number of carbonyl (C=O) groups is 1. The fourth-order valence-electron chi connectivity index (χ4n) is 2.30. The van der Waals surface area contributed by atoms with Gasteiger partial charge in [-0.25, -0.2) is 0 Å². The van der Waals surface area contributed by atoms with Crippen LogP contribution >= 0.6 is 0 Å². The first-order valence-corrected chi connectivity index (χ1v) is 6.95. The molecular formula is C18H20O3. The second kappa shape index (κ2) is 6.93. The molecule has 110 valence electrons. The van der Waals surface area contributed by atoms with Crippen molar-refractivity contribution in [3.05, 3.63) is 59.2 Å². The summed E-state index contributed by atoms with van der Waals surface area (Å²) in [7, 11) is 3.15. The molecule has 0 radical (unpaired) electrons. The molecule has 0 bridgehead atoms. The van der Waals surface area contributed by atoms with Gasteiger partial charge in [0.2, 0.25) is 0 Å². The van der Waals surface area contributed by atoms with Gasteiger partial charge < -0.3 is 9.47 Å². The smallest absolute Gasteiger partial charge is 0.166 e.